The Morgan fingerprint density at radius 3 is 2.34 bits per heavy atom. The third-order valence-electron chi connectivity index (χ3n) is 6.25. The standard InChI is InChI=1S/C24H31N9O2/c1-16-15-20(32-31-16)27-23-28-22(29-24(30-23)33-11-13-35-14-12-33)26-19-9-7-18(8-10-19)25-21(34)17-5-3-2-4-6-17/h7-10,15,17H,2-6,11-14H2,1H3,(H,25,34)(H3,26,27,28,29,30,31,32). The van der Waals surface area contributed by atoms with E-state index in [1.54, 1.807) is 0 Å². The molecule has 184 valence electrons. The maximum Gasteiger partial charge on any atom is 0.235 e. The number of anilines is 6. The molecule has 0 spiro atoms. The third-order valence-corrected chi connectivity index (χ3v) is 6.25. The molecule has 1 saturated heterocycles. The van der Waals surface area contributed by atoms with Gasteiger partial charge in [-0.05, 0) is 44.0 Å². The molecule has 1 aliphatic carbocycles. The Kier molecular flexibility index (Phi) is 7.03. The maximum atomic E-state index is 12.5. The predicted octanol–water partition coefficient (Wildman–Crippen LogP) is 3.75. The van der Waals surface area contributed by atoms with E-state index in [-0.39, 0.29) is 11.8 Å². The van der Waals surface area contributed by atoms with Crippen LogP contribution in [0.15, 0.2) is 30.3 Å². The van der Waals surface area contributed by atoms with Crippen LogP contribution in [0.1, 0.15) is 37.8 Å². The van der Waals surface area contributed by atoms with E-state index in [2.05, 4.69) is 46.0 Å². The Labute approximate surface area is 204 Å². The number of nitrogens with zero attached hydrogens (tertiary/aromatic N) is 5. The average molecular weight is 478 g/mol. The number of aromatic amines is 1. The molecule has 5 rings (SSSR count). The Hall–Kier alpha value is -3.73. The predicted molar refractivity (Wildman–Crippen MR) is 134 cm³/mol. The van der Waals surface area contributed by atoms with E-state index in [0.29, 0.717) is 50.0 Å². The molecule has 1 aliphatic heterocycles. The van der Waals surface area contributed by atoms with Gasteiger partial charge in [0.2, 0.25) is 23.8 Å². The number of amides is 1. The van der Waals surface area contributed by atoms with Crippen LogP contribution in [0.5, 0.6) is 0 Å². The molecule has 4 N–H and O–H groups in total. The van der Waals surface area contributed by atoms with Crippen LogP contribution >= 0.6 is 0 Å². The molecule has 2 aromatic heterocycles. The zero-order valence-corrected chi connectivity index (χ0v) is 19.9. The first-order valence-electron chi connectivity index (χ1n) is 12.2. The highest BCUT2D eigenvalue weighted by Gasteiger charge is 2.21. The summed E-state index contributed by atoms with van der Waals surface area (Å²) >= 11 is 0. The minimum absolute atomic E-state index is 0.113. The summed E-state index contributed by atoms with van der Waals surface area (Å²) in [5, 5.41) is 16.6. The van der Waals surface area contributed by atoms with Crippen molar-refractivity contribution in [3.05, 3.63) is 36.0 Å². The summed E-state index contributed by atoms with van der Waals surface area (Å²) in [5.74, 6) is 2.24. The van der Waals surface area contributed by atoms with Crippen LogP contribution in [-0.4, -0.2) is 57.4 Å². The SMILES string of the molecule is Cc1cc(Nc2nc(Nc3ccc(NC(=O)C4CCCCC4)cc3)nc(N3CCOCC3)n2)n[nH]1. The number of carbonyl (C=O) groups excluding carboxylic acids is 1. The Bertz CT molecular complexity index is 1140. The molecule has 0 radical (unpaired) electrons. The first-order valence-corrected chi connectivity index (χ1v) is 12.2. The second-order valence-corrected chi connectivity index (χ2v) is 8.97. The fraction of sp³-hybridized carbons (Fsp3) is 0.458. The molecule has 3 heterocycles. The van der Waals surface area contributed by atoms with Gasteiger partial charge in [0.05, 0.1) is 13.2 Å². The first-order chi connectivity index (χ1) is 17.1. The van der Waals surface area contributed by atoms with Crippen molar-refractivity contribution in [2.24, 2.45) is 5.92 Å². The number of aromatic nitrogens is 5. The molecule has 3 aromatic rings. The molecule has 11 heteroatoms. The lowest BCUT2D eigenvalue weighted by molar-refractivity contribution is -0.120. The highest BCUT2D eigenvalue weighted by atomic mass is 16.5. The van der Waals surface area contributed by atoms with Crippen molar-refractivity contribution in [3.8, 4) is 0 Å². The monoisotopic (exact) mass is 477 g/mol. The zero-order valence-electron chi connectivity index (χ0n) is 19.9. The Morgan fingerprint density at radius 2 is 1.66 bits per heavy atom. The van der Waals surface area contributed by atoms with Gasteiger partial charge in [0, 0.05) is 42.1 Å². The summed E-state index contributed by atoms with van der Waals surface area (Å²) in [6.07, 6.45) is 5.45. The zero-order chi connectivity index (χ0) is 24.0. The molecule has 35 heavy (non-hydrogen) atoms. The summed E-state index contributed by atoms with van der Waals surface area (Å²) in [7, 11) is 0. The van der Waals surface area contributed by atoms with E-state index in [1.165, 1.54) is 6.42 Å². The van der Waals surface area contributed by atoms with E-state index in [9.17, 15) is 4.79 Å². The average Bonchev–Trinajstić information content (AvgIpc) is 3.30. The van der Waals surface area contributed by atoms with E-state index in [1.807, 2.05) is 37.3 Å². The smallest absolute Gasteiger partial charge is 0.235 e. The van der Waals surface area contributed by atoms with Gasteiger partial charge in [0.25, 0.3) is 0 Å². The van der Waals surface area contributed by atoms with Crippen LogP contribution in [0, 0.1) is 12.8 Å². The summed E-state index contributed by atoms with van der Waals surface area (Å²) in [6, 6.07) is 9.46. The molecule has 1 amide bonds. The summed E-state index contributed by atoms with van der Waals surface area (Å²) < 4.78 is 5.46. The van der Waals surface area contributed by atoms with Crippen molar-refractivity contribution >= 4 is 40.9 Å². The van der Waals surface area contributed by atoms with E-state index in [0.717, 1.165) is 42.8 Å². The van der Waals surface area contributed by atoms with Crippen LogP contribution in [0.2, 0.25) is 0 Å². The molecular weight excluding hydrogens is 446 g/mol. The molecule has 0 bridgehead atoms. The topological polar surface area (TPSA) is 133 Å². The van der Waals surface area contributed by atoms with Gasteiger partial charge in [-0.2, -0.15) is 20.1 Å². The number of rotatable bonds is 7. The van der Waals surface area contributed by atoms with Gasteiger partial charge < -0.3 is 25.6 Å². The fourth-order valence-corrected chi connectivity index (χ4v) is 4.35. The van der Waals surface area contributed by atoms with Gasteiger partial charge in [-0.15, -0.1) is 0 Å². The molecule has 2 fully saturated rings. The molecule has 0 atom stereocenters. The number of carbonyl (C=O) groups is 1. The second kappa shape index (κ2) is 10.7. The number of aryl methyl sites for hydroxylation is 1. The van der Waals surface area contributed by atoms with Crippen LogP contribution in [-0.2, 0) is 9.53 Å². The molecule has 1 saturated carbocycles. The van der Waals surface area contributed by atoms with Crippen molar-refractivity contribution in [2.45, 2.75) is 39.0 Å². The summed E-state index contributed by atoms with van der Waals surface area (Å²) in [6.45, 7) is 4.60. The number of ether oxygens (including phenoxy) is 1. The fourth-order valence-electron chi connectivity index (χ4n) is 4.35. The number of hydrogen-bond donors (Lipinski definition) is 4. The van der Waals surface area contributed by atoms with E-state index < -0.39 is 0 Å². The third kappa shape index (κ3) is 6.04. The molecule has 2 aliphatic rings. The number of hydrogen-bond acceptors (Lipinski definition) is 9. The number of H-pyrrole nitrogens is 1. The maximum absolute atomic E-state index is 12.5. The van der Waals surface area contributed by atoms with Crippen LogP contribution in [0.3, 0.4) is 0 Å². The van der Waals surface area contributed by atoms with E-state index in [4.69, 9.17) is 4.74 Å². The van der Waals surface area contributed by atoms with Crippen molar-refractivity contribution in [3.63, 3.8) is 0 Å². The highest BCUT2D eigenvalue weighted by Crippen LogP contribution is 2.26. The summed E-state index contributed by atoms with van der Waals surface area (Å²) in [4.78, 5) is 28.4. The van der Waals surface area contributed by atoms with Crippen molar-refractivity contribution in [1.82, 2.24) is 25.1 Å². The molecule has 1 aromatic carbocycles. The molecular formula is C24H31N9O2. The lowest BCUT2D eigenvalue weighted by Gasteiger charge is -2.27. The van der Waals surface area contributed by atoms with E-state index >= 15 is 0 Å². The van der Waals surface area contributed by atoms with Gasteiger partial charge in [-0.1, -0.05) is 19.3 Å². The van der Waals surface area contributed by atoms with Gasteiger partial charge in [0.1, 0.15) is 0 Å². The van der Waals surface area contributed by atoms with Crippen LogP contribution < -0.4 is 20.9 Å². The highest BCUT2D eigenvalue weighted by molar-refractivity contribution is 5.92. The van der Waals surface area contributed by atoms with Crippen molar-refractivity contribution in [2.75, 3.05) is 47.2 Å². The largest absolute Gasteiger partial charge is 0.378 e. The first kappa shape index (κ1) is 23.0. The lowest BCUT2D eigenvalue weighted by atomic mass is 9.88. The number of morpholine rings is 1. The van der Waals surface area contributed by atoms with Crippen molar-refractivity contribution in [1.29, 1.82) is 0 Å². The quantitative estimate of drug-likeness (QED) is 0.401. The van der Waals surface area contributed by atoms with Crippen LogP contribution in [0.25, 0.3) is 0 Å². The summed E-state index contributed by atoms with van der Waals surface area (Å²) in [5.41, 5.74) is 2.53. The van der Waals surface area contributed by atoms with Gasteiger partial charge >= 0.3 is 0 Å². The Balaban J connectivity index is 1.30. The normalized spacial score (nSPS) is 16.7. The van der Waals surface area contributed by atoms with Gasteiger partial charge in [-0.25, -0.2) is 0 Å². The number of benzene rings is 1. The van der Waals surface area contributed by atoms with Gasteiger partial charge in [-0.3, -0.25) is 9.89 Å². The minimum Gasteiger partial charge on any atom is -0.378 e. The van der Waals surface area contributed by atoms with Crippen molar-refractivity contribution < 1.29 is 9.53 Å². The second-order valence-electron chi connectivity index (χ2n) is 8.97. The molecule has 0 unspecified atom stereocenters. The lowest BCUT2D eigenvalue weighted by Crippen LogP contribution is -2.37. The Morgan fingerprint density at radius 1 is 0.971 bits per heavy atom. The minimum atomic E-state index is 0.113. The van der Waals surface area contributed by atoms with Crippen LogP contribution in [0.4, 0.5) is 35.0 Å². The number of nitrogens with one attached hydrogen (secondary N) is 4. The van der Waals surface area contributed by atoms with Gasteiger partial charge in [0.15, 0.2) is 5.82 Å². The molecule has 11 nitrogen and oxygen atoms in total.